The Balaban J connectivity index is 2.12. The molecule has 0 radical (unpaired) electrons. The number of anilines is 2. The number of halogens is 1. The van der Waals surface area contributed by atoms with Gasteiger partial charge in [0.1, 0.15) is 5.75 Å². The van der Waals surface area contributed by atoms with Crippen molar-refractivity contribution in [3.63, 3.8) is 0 Å². The second kappa shape index (κ2) is 8.85. The number of carbonyl (C=O) groups is 2. The number of hydrogen-bond donors (Lipinski definition) is 2. The van der Waals surface area contributed by atoms with Crippen molar-refractivity contribution < 1.29 is 14.3 Å². The highest BCUT2D eigenvalue weighted by atomic mass is 79.9. The van der Waals surface area contributed by atoms with E-state index < -0.39 is 0 Å². The Kier molecular flexibility index (Phi) is 6.80. The van der Waals surface area contributed by atoms with E-state index in [1.165, 1.54) is 0 Å². The number of amides is 2. The second-order valence-corrected chi connectivity index (χ2v) is 7.40. The van der Waals surface area contributed by atoms with Gasteiger partial charge in [0, 0.05) is 21.8 Å². The number of rotatable bonds is 6. The molecule has 0 spiro atoms. The van der Waals surface area contributed by atoms with Gasteiger partial charge in [0.15, 0.2) is 0 Å². The quantitative estimate of drug-likeness (QED) is 0.686. The number of benzene rings is 2. The van der Waals surface area contributed by atoms with E-state index in [-0.39, 0.29) is 23.8 Å². The molecular formula is C20H23BrN2O3. The van der Waals surface area contributed by atoms with Crippen molar-refractivity contribution in [3.05, 3.63) is 52.5 Å². The Bertz CT molecular complexity index is 786. The van der Waals surface area contributed by atoms with E-state index in [9.17, 15) is 9.59 Å². The summed E-state index contributed by atoms with van der Waals surface area (Å²) in [7, 11) is 0. The zero-order valence-electron chi connectivity index (χ0n) is 15.3. The average Bonchev–Trinajstić information content (AvgIpc) is 2.57. The zero-order valence-corrected chi connectivity index (χ0v) is 16.9. The summed E-state index contributed by atoms with van der Waals surface area (Å²) >= 11 is 3.38. The van der Waals surface area contributed by atoms with Crippen molar-refractivity contribution >= 4 is 39.1 Å². The molecular weight excluding hydrogens is 396 g/mol. The van der Waals surface area contributed by atoms with Gasteiger partial charge in [-0.25, -0.2) is 0 Å². The summed E-state index contributed by atoms with van der Waals surface area (Å²) in [6.07, 6.45) is -0.0356. The fraction of sp³-hybridized carbons (Fsp3) is 0.300. The topological polar surface area (TPSA) is 67.4 Å². The summed E-state index contributed by atoms with van der Waals surface area (Å²) in [4.78, 5) is 24.4. The van der Waals surface area contributed by atoms with Gasteiger partial charge in [0.25, 0.3) is 5.91 Å². The molecule has 0 aliphatic rings. The summed E-state index contributed by atoms with van der Waals surface area (Å²) in [5.41, 5.74) is 1.77. The molecule has 6 heteroatoms. The average molecular weight is 419 g/mol. The third kappa shape index (κ3) is 5.59. The Morgan fingerprint density at radius 2 is 1.50 bits per heavy atom. The van der Waals surface area contributed by atoms with Crippen molar-refractivity contribution in [2.45, 2.75) is 33.8 Å². The largest absolute Gasteiger partial charge is 0.490 e. The van der Waals surface area contributed by atoms with E-state index in [0.717, 1.165) is 4.47 Å². The van der Waals surface area contributed by atoms with E-state index in [2.05, 4.69) is 26.6 Å². The first-order valence-corrected chi connectivity index (χ1v) is 9.24. The molecule has 138 valence electrons. The first-order valence-electron chi connectivity index (χ1n) is 8.44. The fourth-order valence-corrected chi connectivity index (χ4v) is 2.52. The molecule has 0 aliphatic heterocycles. The lowest BCUT2D eigenvalue weighted by molar-refractivity contribution is -0.118. The molecule has 0 saturated carbocycles. The number of carbonyl (C=O) groups excluding carboxylic acids is 2. The van der Waals surface area contributed by atoms with Gasteiger partial charge in [-0.05, 0) is 56.3 Å². The molecule has 0 heterocycles. The van der Waals surface area contributed by atoms with E-state index in [1.807, 2.05) is 33.8 Å². The van der Waals surface area contributed by atoms with Crippen LogP contribution in [-0.2, 0) is 4.79 Å². The van der Waals surface area contributed by atoms with Gasteiger partial charge >= 0.3 is 0 Å². The van der Waals surface area contributed by atoms with Crippen LogP contribution < -0.4 is 15.4 Å². The molecule has 2 amide bonds. The van der Waals surface area contributed by atoms with Crippen molar-refractivity contribution in [1.29, 1.82) is 0 Å². The van der Waals surface area contributed by atoms with Crippen LogP contribution in [0.3, 0.4) is 0 Å². The van der Waals surface area contributed by atoms with E-state index in [0.29, 0.717) is 22.7 Å². The predicted octanol–water partition coefficient (Wildman–Crippen LogP) is 5.08. The maximum atomic E-state index is 12.6. The Morgan fingerprint density at radius 3 is 2.04 bits per heavy atom. The Morgan fingerprint density at radius 1 is 0.923 bits per heavy atom. The van der Waals surface area contributed by atoms with Crippen LogP contribution in [0.15, 0.2) is 46.9 Å². The van der Waals surface area contributed by atoms with Gasteiger partial charge in [0.05, 0.1) is 11.7 Å². The zero-order chi connectivity index (χ0) is 19.3. The minimum absolute atomic E-state index is 0.0356. The lowest BCUT2D eigenvalue weighted by Gasteiger charge is -2.15. The van der Waals surface area contributed by atoms with Gasteiger partial charge in [0.2, 0.25) is 5.91 Å². The predicted molar refractivity (Wildman–Crippen MR) is 108 cm³/mol. The van der Waals surface area contributed by atoms with Crippen LogP contribution in [0.4, 0.5) is 11.4 Å². The lowest BCUT2D eigenvalue weighted by atomic mass is 10.1. The summed E-state index contributed by atoms with van der Waals surface area (Å²) in [5.74, 6) is 0.124. The van der Waals surface area contributed by atoms with Gasteiger partial charge in [-0.1, -0.05) is 29.8 Å². The molecule has 2 rings (SSSR count). The van der Waals surface area contributed by atoms with Crippen LogP contribution in [0.5, 0.6) is 5.75 Å². The van der Waals surface area contributed by atoms with Gasteiger partial charge in [-0.2, -0.15) is 0 Å². The van der Waals surface area contributed by atoms with E-state index in [4.69, 9.17) is 4.74 Å². The highest BCUT2D eigenvalue weighted by molar-refractivity contribution is 9.10. The van der Waals surface area contributed by atoms with Crippen molar-refractivity contribution in [2.24, 2.45) is 5.92 Å². The number of nitrogens with one attached hydrogen (secondary N) is 2. The molecule has 2 N–H and O–H groups in total. The highest BCUT2D eigenvalue weighted by Crippen LogP contribution is 2.25. The molecule has 5 nitrogen and oxygen atoms in total. The van der Waals surface area contributed by atoms with Crippen LogP contribution in [0.1, 0.15) is 38.1 Å². The van der Waals surface area contributed by atoms with Crippen molar-refractivity contribution in [2.75, 3.05) is 10.6 Å². The van der Waals surface area contributed by atoms with E-state index in [1.54, 1.807) is 36.4 Å². The third-order valence-electron chi connectivity index (χ3n) is 3.48. The summed E-state index contributed by atoms with van der Waals surface area (Å²) < 4.78 is 6.51. The SMILES string of the molecule is CC(C)Oc1ccc(Br)cc1C(=O)Nc1ccc(NC(=O)C(C)C)cc1. The number of ether oxygens (including phenoxy) is 1. The van der Waals surface area contributed by atoms with E-state index >= 15 is 0 Å². The van der Waals surface area contributed by atoms with Crippen molar-refractivity contribution in [1.82, 2.24) is 0 Å². The maximum Gasteiger partial charge on any atom is 0.259 e. The second-order valence-electron chi connectivity index (χ2n) is 6.48. The first kappa shape index (κ1) is 20.0. The Hall–Kier alpha value is -2.34. The van der Waals surface area contributed by atoms with Gasteiger partial charge in [-0.3, -0.25) is 9.59 Å². The monoisotopic (exact) mass is 418 g/mol. The molecule has 0 aliphatic carbocycles. The molecule has 0 saturated heterocycles. The standard InChI is InChI=1S/C20H23BrN2O3/c1-12(2)19(24)22-15-6-8-16(9-7-15)23-20(25)17-11-14(21)5-10-18(17)26-13(3)4/h5-13H,1-4H3,(H,22,24)(H,23,25). The van der Waals surface area contributed by atoms with Gasteiger partial charge < -0.3 is 15.4 Å². The minimum atomic E-state index is -0.263. The maximum absolute atomic E-state index is 12.6. The van der Waals surface area contributed by atoms with Gasteiger partial charge in [-0.15, -0.1) is 0 Å². The summed E-state index contributed by atoms with van der Waals surface area (Å²) in [5, 5.41) is 5.66. The molecule has 0 unspecified atom stereocenters. The Labute approximate surface area is 162 Å². The van der Waals surface area contributed by atoms with Crippen LogP contribution in [0.2, 0.25) is 0 Å². The smallest absolute Gasteiger partial charge is 0.259 e. The van der Waals surface area contributed by atoms with Crippen molar-refractivity contribution in [3.8, 4) is 5.75 Å². The summed E-state index contributed by atoms with van der Waals surface area (Å²) in [6, 6.07) is 12.3. The molecule has 26 heavy (non-hydrogen) atoms. The lowest BCUT2D eigenvalue weighted by Crippen LogP contribution is -2.18. The molecule has 0 fully saturated rings. The molecule has 0 bridgehead atoms. The molecule has 0 atom stereocenters. The fourth-order valence-electron chi connectivity index (χ4n) is 2.16. The molecule has 2 aromatic rings. The van der Waals surface area contributed by atoms with Crippen LogP contribution in [0, 0.1) is 5.92 Å². The minimum Gasteiger partial charge on any atom is -0.490 e. The van der Waals surface area contributed by atoms with Crippen LogP contribution in [0.25, 0.3) is 0 Å². The third-order valence-corrected chi connectivity index (χ3v) is 3.98. The number of hydrogen-bond acceptors (Lipinski definition) is 3. The molecule has 0 aromatic heterocycles. The highest BCUT2D eigenvalue weighted by Gasteiger charge is 2.15. The first-order chi connectivity index (χ1) is 12.3. The summed E-state index contributed by atoms with van der Waals surface area (Å²) in [6.45, 7) is 7.49. The van der Waals surface area contributed by atoms with Crippen LogP contribution in [-0.4, -0.2) is 17.9 Å². The molecule has 2 aromatic carbocycles. The van der Waals surface area contributed by atoms with Crippen LogP contribution >= 0.6 is 15.9 Å². The normalized spacial score (nSPS) is 10.7.